The molecule has 2 aromatic rings. The molecule has 0 saturated heterocycles. The van der Waals surface area contributed by atoms with Crippen LogP contribution in [0.2, 0.25) is 0 Å². The van der Waals surface area contributed by atoms with E-state index in [1.165, 1.54) is 25.7 Å². The van der Waals surface area contributed by atoms with E-state index in [1.54, 1.807) is 0 Å². The Kier molecular flexibility index (Phi) is 3.51. The third kappa shape index (κ3) is 2.87. The third-order valence-electron chi connectivity index (χ3n) is 4.21. The maximum absolute atomic E-state index is 4.49. The molecule has 1 fully saturated rings. The number of hydrogen-bond acceptors (Lipinski definition) is 2. The first kappa shape index (κ1) is 13.2. The quantitative estimate of drug-likeness (QED) is 0.902. The highest BCUT2D eigenvalue weighted by Crippen LogP contribution is 2.36. The van der Waals surface area contributed by atoms with Crippen LogP contribution in [0, 0.1) is 5.41 Å². The molecule has 1 aliphatic carbocycles. The Balaban J connectivity index is 1.77. The molecule has 1 N–H and O–H groups in total. The Hall–Kier alpha value is -1.77. The molecule has 1 unspecified atom stereocenters. The number of nitrogens with one attached hydrogen (secondary N) is 1. The first-order valence-electron chi connectivity index (χ1n) is 7.49. The van der Waals surface area contributed by atoms with E-state index < -0.39 is 0 Å². The zero-order chi connectivity index (χ0) is 14.0. The van der Waals surface area contributed by atoms with Crippen molar-refractivity contribution in [3.63, 3.8) is 0 Å². The van der Waals surface area contributed by atoms with Crippen LogP contribution in [-0.4, -0.2) is 15.6 Å². The molecule has 1 atom stereocenters. The van der Waals surface area contributed by atoms with Crippen molar-refractivity contribution in [3.05, 3.63) is 42.7 Å². The number of aromatic nitrogens is 2. The van der Waals surface area contributed by atoms with Gasteiger partial charge >= 0.3 is 0 Å². The van der Waals surface area contributed by atoms with Crippen molar-refractivity contribution in [2.24, 2.45) is 5.41 Å². The van der Waals surface area contributed by atoms with Gasteiger partial charge in [-0.05, 0) is 36.8 Å². The van der Waals surface area contributed by atoms with Crippen molar-refractivity contribution in [1.29, 1.82) is 0 Å². The fourth-order valence-electron chi connectivity index (χ4n) is 3.21. The van der Waals surface area contributed by atoms with Crippen LogP contribution in [-0.2, 0) is 0 Å². The molecule has 20 heavy (non-hydrogen) atoms. The Bertz CT molecular complexity index is 557. The van der Waals surface area contributed by atoms with Gasteiger partial charge in [-0.1, -0.05) is 38.5 Å². The second kappa shape index (κ2) is 5.31. The van der Waals surface area contributed by atoms with Crippen LogP contribution in [0.15, 0.2) is 42.7 Å². The highest BCUT2D eigenvalue weighted by Gasteiger charge is 2.28. The van der Waals surface area contributed by atoms with E-state index in [2.05, 4.69) is 53.0 Å². The normalized spacial score (nSPS) is 21.6. The van der Waals surface area contributed by atoms with Crippen LogP contribution in [0.25, 0.3) is 5.69 Å². The van der Waals surface area contributed by atoms with E-state index in [-0.39, 0.29) is 0 Å². The minimum absolute atomic E-state index is 0.445. The van der Waals surface area contributed by atoms with Gasteiger partial charge in [-0.25, -0.2) is 4.98 Å². The molecule has 1 aliphatic rings. The van der Waals surface area contributed by atoms with Crippen LogP contribution in [0.4, 0.5) is 5.95 Å². The Labute approximate surface area is 121 Å². The van der Waals surface area contributed by atoms with Crippen molar-refractivity contribution in [2.45, 2.75) is 45.6 Å². The summed E-state index contributed by atoms with van der Waals surface area (Å²) in [5.74, 6) is 0.957. The van der Waals surface area contributed by atoms with Gasteiger partial charge in [0.25, 0.3) is 0 Å². The van der Waals surface area contributed by atoms with E-state index >= 15 is 0 Å². The van der Waals surface area contributed by atoms with E-state index in [0.717, 1.165) is 11.6 Å². The molecule has 0 amide bonds. The van der Waals surface area contributed by atoms with Crippen molar-refractivity contribution in [1.82, 2.24) is 9.55 Å². The standard InChI is InChI=1S/C17H23N3/c1-17(2)10-6-7-14(13-17)19-16-18-11-12-20(16)15-8-4-3-5-9-15/h3-5,8-9,11-12,14H,6-7,10,13H2,1-2H3,(H,18,19). The molecule has 0 spiro atoms. The van der Waals surface area contributed by atoms with Crippen molar-refractivity contribution >= 4 is 5.95 Å². The lowest BCUT2D eigenvalue weighted by atomic mass is 9.75. The van der Waals surface area contributed by atoms with Crippen molar-refractivity contribution in [2.75, 3.05) is 5.32 Å². The fraction of sp³-hybridized carbons (Fsp3) is 0.471. The fourth-order valence-corrected chi connectivity index (χ4v) is 3.21. The van der Waals surface area contributed by atoms with Gasteiger partial charge in [0.1, 0.15) is 0 Å². The molecule has 1 saturated carbocycles. The van der Waals surface area contributed by atoms with Crippen LogP contribution in [0.5, 0.6) is 0 Å². The van der Waals surface area contributed by atoms with E-state index in [1.807, 2.05) is 18.5 Å². The van der Waals surface area contributed by atoms with Crippen molar-refractivity contribution < 1.29 is 0 Å². The number of benzene rings is 1. The summed E-state index contributed by atoms with van der Waals surface area (Å²) >= 11 is 0. The van der Waals surface area contributed by atoms with Crippen LogP contribution < -0.4 is 5.32 Å². The van der Waals surface area contributed by atoms with Gasteiger partial charge in [-0.3, -0.25) is 4.57 Å². The average Bonchev–Trinajstić information content (AvgIpc) is 2.87. The summed E-state index contributed by atoms with van der Waals surface area (Å²) in [7, 11) is 0. The van der Waals surface area contributed by atoms with Crippen LogP contribution >= 0.6 is 0 Å². The first-order chi connectivity index (χ1) is 9.64. The van der Waals surface area contributed by atoms with Gasteiger partial charge < -0.3 is 5.32 Å². The predicted molar refractivity (Wildman–Crippen MR) is 83.2 cm³/mol. The van der Waals surface area contributed by atoms with Gasteiger partial charge in [0.15, 0.2) is 0 Å². The SMILES string of the molecule is CC1(C)CCCC(Nc2nccn2-c2ccccc2)C1. The van der Waals surface area contributed by atoms with Gasteiger partial charge in [0.05, 0.1) is 0 Å². The highest BCUT2D eigenvalue weighted by molar-refractivity contribution is 5.42. The molecule has 106 valence electrons. The van der Waals surface area contributed by atoms with Crippen LogP contribution in [0.3, 0.4) is 0 Å². The van der Waals surface area contributed by atoms with Gasteiger partial charge in [0, 0.05) is 24.1 Å². The predicted octanol–water partition coefficient (Wildman–Crippen LogP) is 4.25. The minimum atomic E-state index is 0.445. The molecule has 0 radical (unpaired) electrons. The Morgan fingerprint density at radius 3 is 2.80 bits per heavy atom. The summed E-state index contributed by atoms with van der Waals surface area (Å²) in [6.45, 7) is 4.73. The lowest BCUT2D eigenvalue weighted by Crippen LogP contribution is -2.32. The highest BCUT2D eigenvalue weighted by atomic mass is 15.2. The molecule has 1 aromatic heterocycles. The molecule has 3 heteroatoms. The van der Waals surface area contributed by atoms with Crippen LogP contribution in [0.1, 0.15) is 39.5 Å². The molecule has 0 aliphatic heterocycles. The maximum atomic E-state index is 4.49. The largest absolute Gasteiger partial charge is 0.353 e. The zero-order valence-electron chi connectivity index (χ0n) is 12.3. The Morgan fingerprint density at radius 1 is 1.25 bits per heavy atom. The molecule has 1 heterocycles. The maximum Gasteiger partial charge on any atom is 0.207 e. The molecular formula is C17H23N3. The number of imidazole rings is 1. The monoisotopic (exact) mass is 269 g/mol. The molecule has 3 nitrogen and oxygen atoms in total. The molecular weight excluding hydrogens is 246 g/mol. The summed E-state index contributed by atoms with van der Waals surface area (Å²) in [5, 5.41) is 3.64. The number of para-hydroxylation sites is 1. The summed E-state index contributed by atoms with van der Waals surface area (Å²) in [4.78, 5) is 4.49. The van der Waals surface area contributed by atoms with Gasteiger partial charge in [0.2, 0.25) is 5.95 Å². The second-order valence-electron chi connectivity index (χ2n) is 6.56. The number of anilines is 1. The zero-order valence-corrected chi connectivity index (χ0v) is 12.3. The van der Waals surface area contributed by atoms with E-state index in [0.29, 0.717) is 11.5 Å². The molecule has 0 bridgehead atoms. The molecule has 3 rings (SSSR count). The van der Waals surface area contributed by atoms with Gasteiger partial charge in [-0.15, -0.1) is 0 Å². The second-order valence-corrected chi connectivity index (χ2v) is 6.56. The Morgan fingerprint density at radius 2 is 2.05 bits per heavy atom. The van der Waals surface area contributed by atoms with Crippen molar-refractivity contribution in [3.8, 4) is 5.69 Å². The summed E-state index contributed by atoms with van der Waals surface area (Å²) in [6.07, 6.45) is 8.98. The van der Waals surface area contributed by atoms with Gasteiger partial charge in [-0.2, -0.15) is 0 Å². The average molecular weight is 269 g/mol. The number of rotatable bonds is 3. The summed E-state index contributed by atoms with van der Waals surface area (Å²) in [6, 6.07) is 10.9. The summed E-state index contributed by atoms with van der Waals surface area (Å²) in [5.41, 5.74) is 1.60. The first-order valence-corrected chi connectivity index (χ1v) is 7.49. The number of hydrogen-bond donors (Lipinski definition) is 1. The minimum Gasteiger partial charge on any atom is -0.353 e. The molecule has 1 aromatic carbocycles. The lowest BCUT2D eigenvalue weighted by Gasteiger charge is -2.35. The summed E-state index contributed by atoms with van der Waals surface area (Å²) < 4.78 is 2.13. The topological polar surface area (TPSA) is 29.9 Å². The smallest absolute Gasteiger partial charge is 0.207 e. The van der Waals surface area contributed by atoms with E-state index in [9.17, 15) is 0 Å². The number of nitrogens with zero attached hydrogens (tertiary/aromatic N) is 2. The van der Waals surface area contributed by atoms with E-state index in [4.69, 9.17) is 0 Å². The third-order valence-corrected chi connectivity index (χ3v) is 4.21. The lowest BCUT2D eigenvalue weighted by molar-refractivity contribution is 0.229.